The molecule has 0 saturated carbocycles. The third-order valence-electron chi connectivity index (χ3n) is 0.931. The van der Waals surface area contributed by atoms with Crippen LogP contribution in [0.25, 0.3) is 0 Å². The van der Waals surface area contributed by atoms with E-state index >= 15 is 0 Å². The highest BCUT2D eigenvalue weighted by Gasteiger charge is 2.06. The molecule has 0 fully saturated rings. The maximum Gasteiger partial charge on any atom is 0.275 e. The Morgan fingerprint density at radius 1 is 1.90 bits per heavy atom. The van der Waals surface area contributed by atoms with Crippen molar-refractivity contribution in [1.29, 1.82) is 0 Å². The molecule has 0 aromatic carbocycles. The average Bonchev–Trinajstić information content (AvgIpc) is 2.38. The van der Waals surface area contributed by atoms with Gasteiger partial charge < -0.3 is 5.32 Å². The SMILES string of the molecule is CCNC(=O)c1cnon1. The minimum atomic E-state index is -0.260. The molecule has 1 heterocycles. The molecule has 1 rings (SSSR count). The number of hydrogen-bond donors (Lipinski definition) is 1. The zero-order chi connectivity index (χ0) is 7.40. The van der Waals surface area contributed by atoms with Crippen molar-refractivity contribution in [2.24, 2.45) is 0 Å². The van der Waals surface area contributed by atoms with Crippen LogP contribution in [-0.4, -0.2) is 22.8 Å². The van der Waals surface area contributed by atoms with Gasteiger partial charge in [-0.2, -0.15) is 0 Å². The van der Waals surface area contributed by atoms with E-state index in [-0.39, 0.29) is 11.6 Å². The molecule has 1 amide bonds. The summed E-state index contributed by atoms with van der Waals surface area (Å²) >= 11 is 0. The normalized spacial score (nSPS) is 9.30. The maximum atomic E-state index is 10.8. The van der Waals surface area contributed by atoms with Gasteiger partial charge in [0.2, 0.25) is 0 Å². The van der Waals surface area contributed by atoms with Gasteiger partial charge in [0.15, 0.2) is 5.69 Å². The monoisotopic (exact) mass is 141 g/mol. The lowest BCUT2D eigenvalue weighted by molar-refractivity contribution is 0.0946. The molecule has 0 atom stereocenters. The van der Waals surface area contributed by atoms with Gasteiger partial charge in [0, 0.05) is 6.54 Å². The van der Waals surface area contributed by atoms with Gasteiger partial charge in [-0.15, -0.1) is 0 Å². The molecular weight excluding hydrogens is 134 g/mol. The molecule has 5 nitrogen and oxygen atoms in total. The molecule has 0 unspecified atom stereocenters. The predicted octanol–water partition coefficient (Wildman–Crippen LogP) is -0.181. The molecule has 5 heteroatoms. The van der Waals surface area contributed by atoms with Crippen molar-refractivity contribution in [3.05, 3.63) is 11.9 Å². The molecular formula is C5H7N3O2. The van der Waals surface area contributed by atoms with Crippen molar-refractivity contribution in [2.45, 2.75) is 6.92 Å². The Morgan fingerprint density at radius 2 is 2.70 bits per heavy atom. The van der Waals surface area contributed by atoms with Gasteiger partial charge in [-0.3, -0.25) is 4.79 Å². The Balaban J connectivity index is 2.59. The first-order valence-corrected chi connectivity index (χ1v) is 2.90. The molecule has 0 saturated heterocycles. The summed E-state index contributed by atoms with van der Waals surface area (Å²) in [5.74, 6) is -0.260. The van der Waals surface area contributed by atoms with E-state index in [1.165, 1.54) is 6.20 Å². The largest absolute Gasteiger partial charge is 0.351 e. The minimum Gasteiger partial charge on any atom is -0.351 e. The van der Waals surface area contributed by atoms with Gasteiger partial charge in [-0.1, -0.05) is 5.16 Å². The van der Waals surface area contributed by atoms with Crippen molar-refractivity contribution in [1.82, 2.24) is 15.6 Å². The van der Waals surface area contributed by atoms with Gasteiger partial charge in [0.05, 0.1) is 0 Å². The van der Waals surface area contributed by atoms with Crippen LogP contribution >= 0.6 is 0 Å². The average molecular weight is 141 g/mol. The summed E-state index contributed by atoms with van der Waals surface area (Å²) < 4.78 is 4.22. The number of nitrogens with zero attached hydrogens (tertiary/aromatic N) is 2. The Bertz CT molecular complexity index is 207. The molecule has 1 N–H and O–H groups in total. The van der Waals surface area contributed by atoms with Crippen LogP contribution in [0.4, 0.5) is 0 Å². The fourth-order valence-corrected chi connectivity index (χ4v) is 0.516. The summed E-state index contributed by atoms with van der Waals surface area (Å²) in [7, 11) is 0. The van der Waals surface area contributed by atoms with Crippen LogP contribution in [0.3, 0.4) is 0 Å². The minimum absolute atomic E-state index is 0.210. The standard InChI is InChI=1S/C5H7N3O2/c1-2-6-5(9)4-3-7-10-8-4/h3H,2H2,1H3,(H,6,9). The molecule has 54 valence electrons. The number of carbonyl (C=O) groups is 1. The number of rotatable bonds is 2. The second kappa shape index (κ2) is 2.95. The second-order valence-electron chi connectivity index (χ2n) is 1.65. The number of nitrogens with one attached hydrogen (secondary N) is 1. The van der Waals surface area contributed by atoms with Crippen LogP contribution in [0.15, 0.2) is 10.8 Å². The second-order valence-corrected chi connectivity index (χ2v) is 1.65. The highest BCUT2D eigenvalue weighted by Crippen LogP contribution is 1.88. The fraction of sp³-hybridized carbons (Fsp3) is 0.400. The molecule has 0 aliphatic carbocycles. The molecule has 0 bridgehead atoms. The van der Waals surface area contributed by atoms with E-state index in [0.29, 0.717) is 6.54 Å². The van der Waals surface area contributed by atoms with E-state index in [1.807, 2.05) is 6.92 Å². The predicted molar refractivity (Wildman–Crippen MR) is 32.3 cm³/mol. The molecule has 0 spiro atoms. The number of hydrogen-bond acceptors (Lipinski definition) is 4. The van der Waals surface area contributed by atoms with E-state index < -0.39 is 0 Å². The van der Waals surface area contributed by atoms with E-state index in [9.17, 15) is 4.79 Å². The highest BCUT2D eigenvalue weighted by atomic mass is 16.6. The quantitative estimate of drug-likeness (QED) is 0.620. The van der Waals surface area contributed by atoms with Crippen LogP contribution in [-0.2, 0) is 0 Å². The maximum absolute atomic E-state index is 10.8. The highest BCUT2D eigenvalue weighted by molar-refractivity contribution is 5.91. The summed E-state index contributed by atoms with van der Waals surface area (Å²) in [6.07, 6.45) is 1.27. The van der Waals surface area contributed by atoms with E-state index in [4.69, 9.17) is 0 Å². The molecule has 1 aromatic rings. The van der Waals surface area contributed by atoms with Gasteiger partial charge in [-0.05, 0) is 12.1 Å². The molecule has 10 heavy (non-hydrogen) atoms. The van der Waals surface area contributed by atoms with Crippen LogP contribution in [0.5, 0.6) is 0 Å². The zero-order valence-electron chi connectivity index (χ0n) is 5.50. The van der Waals surface area contributed by atoms with Crippen LogP contribution in [0.2, 0.25) is 0 Å². The lowest BCUT2D eigenvalue weighted by atomic mass is 10.4. The zero-order valence-corrected chi connectivity index (χ0v) is 5.50. The van der Waals surface area contributed by atoms with Crippen molar-refractivity contribution < 1.29 is 9.42 Å². The summed E-state index contributed by atoms with van der Waals surface area (Å²) in [6, 6.07) is 0. The summed E-state index contributed by atoms with van der Waals surface area (Å²) in [4.78, 5) is 10.8. The first-order valence-electron chi connectivity index (χ1n) is 2.90. The van der Waals surface area contributed by atoms with E-state index in [1.54, 1.807) is 0 Å². The van der Waals surface area contributed by atoms with Gasteiger partial charge in [0.25, 0.3) is 5.91 Å². The Labute approximate surface area is 57.4 Å². The first-order chi connectivity index (χ1) is 4.84. The molecule has 1 aromatic heterocycles. The van der Waals surface area contributed by atoms with Crippen molar-refractivity contribution >= 4 is 5.91 Å². The smallest absolute Gasteiger partial charge is 0.275 e. The van der Waals surface area contributed by atoms with E-state index in [0.717, 1.165) is 0 Å². The molecule has 0 aliphatic rings. The number of amides is 1. The van der Waals surface area contributed by atoms with Crippen molar-refractivity contribution in [3.63, 3.8) is 0 Å². The molecule has 0 radical (unpaired) electrons. The third-order valence-corrected chi connectivity index (χ3v) is 0.931. The van der Waals surface area contributed by atoms with Gasteiger partial charge in [0.1, 0.15) is 6.20 Å². The lowest BCUT2D eigenvalue weighted by Crippen LogP contribution is -2.22. The molecule has 0 aliphatic heterocycles. The fourth-order valence-electron chi connectivity index (χ4n) is 0.516. The Hall–Kier alpha value is -1.39. The van der Waals surface area contributed by atoms with Crippen LogP contribution in [0, 0.1) is 0 Å². The van der Waals surface area contributed by atoms with E-state index in [2.05, 4.69) is 20.3 Å². The van der Waals surface area contributed by atoms with Gasteiger partial charge in [-0.25, -0.2) is 4.63 Å². The number of aromatic nitrogens is 2. The van der Waals surface area contributed by atoms with Crippen LogP contribution in [0.1, 0.15) is 17.4 Å². The number of carbonyl (C=O) groups excluding carboxylic acids is 1. The first kappa shape index (κ1) is 6.73. The van der Waals surface area contributed by atoms with Crippen LogP contribution < -0.4 is 5.32 Å². The topological polar surface area (TPSA) is 68.0 Å². The Kier molecular flexibility index (Phi) is 1.99. The lowest BCUT2D eigenvalue weighted by Gasteiger charge is -1.93. The Morgan fingerprint density at radius 3 is 3.20 bits per heavy atom. The summed E-state index contributed by atoms with van der Waals surface area (Å²) in [6.45, 7) is 2.40. The third kappa shape index (κ3) is 1.31. The summed E-state index contributed by atoms with van der Waals surface area (Å²) in [5, 5.41) is 9.16. The van der Waals surface area contributed by atoms with Crippen molar-refractivity contribution in [3.8, 4) is 0 Å². The van der Waals surface area contributed by atoms with Gasteiger partial charge >= 0.3 is 0 Å². The van der Waals surface area contributed by atoms with Crippen molar-refractivity contribution in [2.75, 3.05) is 6.54 Å². The summed E-state index contributed by atoms with van der Waals surface area (Å²) in [5.41, 5.74) is 0.210.